The second-order valence-corrected chi connectivity index (χ2v) is 28.9. The van der Waals surface area contributed by atoms with Gasteiger partial charge in [0.25, 0.3) is 5.91 Å². The minimum atomic E-state index is -1.86. The van der Waals surface area contributed by atoms with Gasteiger partial charge in [-0.05, 0) is 151 Å². The van der Waals surface area contributed by atoms with Crippen LogP contribution in [0.1, 0.15) is 113 Å². The lowest BCUT2D eigenvalue weighted by atomic mass is 10.00. The number of hydrogen-bond donors (Lipinski definition) is 20. The summed E-state index contributed by atoms with van der Waals surface area (Å²) >= 11 is 1.23. The summed E-state index contributed by atoms with van der Waals surface area (Å²) in [7, 11) is 1.50. The van der Waals surface area contributed by atoms with Crippen molar-refractivity contribution in [3.63, 3.8) is 0 Å². The highest BCUT2D eigenvalue weighted by Gasteiger charge is 2.38. The molecule has 624 valence electrons. The van der Waals surface area contributed by atoms with Crippen LogP contribution in [0.3, 0.4) is 0 Å². The molecule has 25 N–H and O–H groups in total. The molecule has 0 bridgehead atoms. The molecule has 13 amide bonds. The third-order valence-corrected chi connectivity index (χ3v) is 19.3. The van der Waals surface area contributed by atoms with Gasteiger partial charge in [0.05, 0.1) is 40.7 Å². The smallest absolute Gasteiger partial charge is 0.345 e. The maximum absolute atomic E-state index is 15.2. The van der Waals surface area contributed by atoms with E-state index in [-0.39, 0.29) is 102 Å². The normalized spacial score (nSPS) is 19.6. The maximum Gasteiger partial charge on any atom is 0.345 e. The lowest BCUT2D eigenvalue weighted by Gasteiger charge is -2.28. The zero-order valence-corrected chi connectivity index (χ0v) is 65.6. The number of amides is 13. The Kier molecular flexibility index (Phi) is 37.6. The van der Waals surface area contributed by atoms with Crippen LogP contribution < -0.4 is 92.5 Å². The van der Waals surface area contributed by atoms with Gasteiger partial charge in [0.2, 0.25) is 65.0 Å². The summed E-state index contributed by atoms with van der Waals surface area (Å²) in [5.74, 6) is -12.4. The Hall–Kier alpha value is -11.3. The van der Waals surface area contributed by atoms with Crippen molar-refractivity contribution in [2.45, 2.75) is 174 Å². The number of carboxylic acids is 1. The predicted molar refractivity (Wildman–Crippen MR) is 424 cm³/mol. The van der Waals surface area contributed by atoms with E-state index >= 15 is 4.79 Å². The molecular formula is C76H107N21O17S. The molecule has 1 saturated heterocycles. The first-order valence-corrected chi connectivity index (χ1v) is 38.6. The number of carbonyl (C=O) groups is 14. The average molecular weight is 1620 g/mol. The van der Waals surface area contributed by atoms with Crippen molar-refractivity contribution in [3.05, 3.63) is 120 Å². The molecule has 1 aliphatic rings. The Bertz CT molecular complexity index is 4210. The number of nitrogens with zero attached hydrogens (tertiary/aromatic N) is 4. The Morgan fingerprint density at radius 1 is 0.652 bits per heavy atom. The summed E-state index contributed by atoms with van der Waals surface area (Å²) in [5, 5.41) is 67.2. The first-order valence-electron chi connectivity index (χ1n) is 37.8. The van der Waals surface area contributed by atoms with Crippen LogP contribution in [0.5, 0.6) is 0 Å². The van der Waals surface area contributed by atoms with Crippen molar-refractivity contribution >= 4 is 118 Å². The van der Waals surface area contributed by atoms with E-state index in [1.165, 1.54) is 25.7 Å². The first-order chi connectivity index (χ1) is 54.9. The Morgan fingerprint density at radius 3 is 1.85 bits per heavy atom. The van der Waals surface area contributed by atoms with Crippen LogP contribution in [0.25, 0.3) is 23.1 Å². The zero-order chi connectivity index (χ0) is 84.4. The van der Waals surface area contributed by atoms with E-state index in [0.717, 1.165) is 16.5 Å². The summed E-state index contributed by atoms with van der Waals surface area (Å²) in [4.78, 5) is 203. The summed E-state index contributed by atoms with van der Waals surface area (Å²) in [6.07, 6.45) is -1.41. The van der Waals surface area contributed by atoms with Crippen LogP contribution in [0.4, 0.5) is 4.79 Å². The summed E-state index contributed by atoms with van der Waals surface area (Å²) < 4.78 is 1.08. The number of carboxylic acid groups (broad SMARTS) is 1. The van der Waals surface area contributed by atoms with Gasteiger partial charge in [0.1, 0.15) is 54.4 Å². The lowest BCUT2D eigenvalue weighted by molar-refractivity contribution is -0.137. The van der Waals surface area contributed by atoms with Gasteiger partial charge in [-0.2, -0.15) is 9.78 Å². The number of hydrogen-bond acceptors (Lipinski definition) is 24. The zero-order valence-electron chi connectivity index (χ0n) is 64.8. The van der Waals surface area contributed by atoms with E-state index in [1.807, 2.05) is 0 Å². The fourth-order valence-electron chi connectivity index (χ4n) is 12.1. The molecule has 1 aliphatic heterocycles. The van der Waals surface area contributed by atoms with Crippen LogP contribution in [0, 0.1) is 5.92 Å². The number of pyridine rings is 1. The number of aromatic nitrogens is 3. The van der Waals surface area contributed by atoms with E-state index in [9.17, 15) is 77.6 Å². The van der Waals surface area contributed by atoms with Gasteiger partial charge in [-0.15, -0.1) is 0 Å². The van der Waals surface area contributed by atoms with Gasteiger partial charge in [-0.1, -0.05) is 74.1 Å². The average Bonchev–Trinajstić information content (AvgIpc) is 1.63. The van der Waals surface area contributed by atoms with Crippen molar-refractivity contribution in [2.24, 2.45) is 34.6 Å². The highest BCUT2D eigenvalue weighted by molar-refractivity contribution is 7.99. The van der Waals surface area contributed by atoms with Crippen molar-refractivity contribution < 1.29 is 82.4 Å². The molecule has 115 heavy (non-hydrogen) atoms. The van der Waals surface area contributed by atoms with E-state index in [4.69, 9.17) is 33.8 Å². The second-order valence-electron chi connectivity index (χ2n) is 27.7. The predicted octanol–water partition coefficient (Wildman–Crippen LogP) is -3.59. The molecule has 12 atom stereocenters. The largest absolute Gasteiger partial charge is 0.481 e. The minimum Gasteiger partial charge on any atom is -0.481 e. The fourth-order valence-corrected chi connectivity index (χ4v) is 13.0. The molecule has 0 radical (unpaired) electrons. The fraction of sp³-hybridized carbons (Fsp3) is 0.474. The van der Waals surface area contributed by atoms with Crippen LogP contribution in [-0.2, 0) is 64.0 Å². The Balaban J connectivity index is 1.31. The van der Waals surface area contributed by atoms with Crippen LogP contribution in [0.15, 0.2) is 107 Å². The number of aliphatic hydroxyl groups excluding tert-OH is 2. The molecule has 5 aromatic rings. The molecule has 3 heterocycles. The monoisotopic (exact) mass is 1620 g/mol. The van der Waals surface area contributed by atoms with Crippen molar-refractivity contribution in [1.29, 1.82) is 0 Å². The summed E-state index contributed by atoms with van der Waals surface area (Å²) in [6.45, 7) is 3.35. The van der Waals surface area contributed by atoms with Gasteiger partial charge in [0, 0.05) is 73.9 Å². The van der Waals surface area contributed by atoms with Gasteiger partial charge in [0.15, 0.2) is 0 Å². The van der Waals surface area contributed by atoms with Crippen molar-refractivity contribution in [1.82, 2.24) is 83.5 Å². The molecule has 0 aliphatic carbocycles. The maximum atomic E-state index is 15.2. The van der Waals surface area contributed by atoms with Gasteiger partial charge >= 0.3 is 12.0 Å². The minimum absolute atomic E-state index is 0.00821. The molecule has 2 aromatic heterocycles. The lowest BCUT2D eigenvalue weighted by Crippen LogP contribution is -2.61. The number of benzene rings is 3. The number of nitrogens with one attached hydrogen (secondary N) is 12. The third kappa shape index (κ3) is 28.9. The summed E-state index contributed by atoms with van der Waals surface area (Å²) in [5.41, 5.74) is 31.9. The van der Waals surface area contributed by atoms with E-state index in [2.05, 4.69) is 68.8 Å². The number of carbonyl (C=O) groups excluding carboxylic acids is 13. The van der Waals surface area contributed by atoms with E-state index in [1.54, 1.807) is 123 Å². The van der Waals surface area contributed by atoms with E-state index in [0.29, 0.717) is 37.7 Å². The van der Waals surface area contributed by atoms with Crippen LogP contribution >= 0.6 is 11.8 Å². The molecular weight excluding hydrogens is 1510 g/mol. The number of nitrogens with two attached hydrogens (primary N) is 5. The Morgan fingerprint density at radius 2 is 1.25 bits per heavy atom. The highest BCUT2D eigenvalue weighted by Crippen LogP contribution is 2.34. The molecule has 1 fully saturated rings. The molecule has 6 rings (SSSR count). The molecule has 0 saturated carbocycles. The molecule has 3 aromatic carbocycles. The van der Waals surface area contributed by atoms with Crippen LogP contribution in [-0.4, -0.2) is 250 Å². The summed E-state index contributed by atoms with van der Waals surface area (Å²) in [6, 6.07) is 9.35. The highest BCUT2D eigenvalue weighted by atomic mass is 32.2. The van der Waals surface area contributed by atoms with Gasteiger partial charge in [-0.3, -0.25) is 67.3 Å². The quantitative estimate of drug-likeness (QED) is 0.0189. The topological polar surface area (TPSA) is 608 Å². The SMILES string of the molecule is CNC(=O)c1ccccc1Sc1ccc2c(/C=C/c3ccccn3)nn(C(=O)N(CCNC(=O)[C@@H](N)CCC(=O)O)CCC(=O)N[C@H](C(=O)N[C@@H](CCN)C(=O)N[C@H]3CCNC(=O)[C@H](C(C)O)NC(=O)[C@H](CCN)NC(=O)[C@H](CCN)NC(=O)C(CC(C)C)NC(=O)[C@@H](Cc4ccccc4)NC(=O)[C@H](CCN)NC3=O)C(C)O)c2c1. The van der Waals surface area contributed by atoms with Crippen LogP contribution in [0.2, 0.25) is 0 Å². The second kappa shape index (κ2) is 46.7. The van der Waals surface area contributed by atoms with Crippen molar-refractivity contribution in [3.8, 4) is 0 Å². The van der Waals surface area contributed by atoms with Gasteiger partial charge < -0.3 is 113 Å². The van der Waals surface area contributed by atoms with Crippen molar-refractivity contribution in [2.75, 3.05) is 59.4 Å². The standard InChI is InChI=1S/C76H107N21O17S/c1-42(2)39-57-72(110)88-52(24-30-77)67(105)87-55(27-33-80)71(109)94-63(43(3)98)74(112)84-35-28-56(70(108)86-53(25-31-78)69(107)92-58(73(111)91-57)40-45-13-7-6-8-14-45)89-68(106)54(26-32-79)90-75(113)64(44(4)99)93-61(100)29-37-96(38-36-85-66(104)50(81)21-23-62(101)102)76(114)97-59-41-47(115-60-17-10-9-16-49(60)65(103)82-5)19-20-48(59)51(95-97)22-18-46-15-11-12-34-83-46/h6-20,22,34,41-44,50,52-58,63-64,98-99H,21,23-33,35-40,77-81H2,1-5H3,(H,82,103)(H,84,112)(H,85,104)(H,86,108)(H,87,105)(H,88,110)(H,89,106)(H,90,113)(H,91,111)(H,92,107)(H,93,100)(H,94,109)(H,101,102)/b22-18+/t43?,44?,50-,52-,53-,54-,55-,56-,57?,58+,63-,64-/m0/s1. The van der Waals surface area contributed by atoms with Gasteiger partial charge in [-0.25, -0.2) is 4.79 Å². The number of fused-ring (bicyclic) bond motifs is 1. The number of aliphatic hydroxyl groups is 2. The Labute approximate surface area is 668 Å². The molecule has 0 spiro atoms. The molecule has 39 heteroatoms. The molecule has 38 nitrogen and oxygen atoms in total. The molecule has 3 unspecified atom stereocenters. The number of rotatable bonds is 34. The number of aliphatic carboxylic acids is 1. The van der Waals surface area contributed by atoms with E-state index < -0.39 is 182 Å². The first kappa shape index (κ1) is 92.5. The third-order valence-electron chi connectivity index (χ3n) is 18.2.